The van der Waals surface area contributed by atoms with E-state index in [0.29, 0.717) is 16.6 Å². The number of hydrogen-bond donors (Lipinski definition) is 1. The molecule has 1 atom stereocenters. The smallest absolute Gasteiger partial charge is 0.366 e. The van der Waals surface area contributed by atoms with Crippen molar-refractivity contribution in [2.75, 3.05) is 18.0 Å². The molecular formula is C15H18BrF3N2. The van der Waals surface area contributed by atoms with E-state index >= 15 is 0 Å². The molecule has 1 aliphatic carbocycles. The zero-order valence-electron chi connectivity index (χ0n) is 11.6. The Balaban J connectivity index is 1.82. The van der Waals surface area contributed by atoms with Crippen molar-refractivity contribution in [3.63, 3.8) is 0 Å². The third-order valence-electron chi connectivity index (χ3n) is 4.15. The summed E-state index contributed by atoms with van der Waals surface area (Å²) in [5.41, 5.74) is 0.270. The van der Waals surface area contributed by atoms with Crippen LogP contribution in [0.4, 0.5) is 18.9 Å². The lowest BCUT2D eigenvalue weighted by atomic mass is 10.1. The van der Waals surface area contributed by atoms with Crippen molar-refractivity contribution in [2.45, 2.75) is 43.9 Å². The van der Waals surface area contributed by atoms with Crippen LogP contribution in [0.5, 0.6) is 0 Å². The van der Waals surface area contributed by atoms with E-state index in [9.17, 15) is 13.2 Å². The van der Waals surface area contributed by atoms with Crippen molar-refractivity contribution in [2.24, 2.45) is 0 Å². The van der Waals surface area contributed by atoms with Gasteiger partial charge in [0.1, 0.15) is 0 Å². The van der Waals surface area contributed by atoms with Crippen LogP contribution < -0.4 is 10.2 Å². The second-order valence-electron chi connectivity index (χ2n) is 5.84. The third kappa shape index (κ3) is 3.54. The van der Waals surface area contributed by atoms with Crippen LogP contribution in [0.25, 0.3) is 0 Å². The molecule has 1 aliphatic heterocycles. The van der Waals surface area contributed by atoms with E-state index in [4.69, 9.17) is 0 Å². The van der Waals surface area contributed by atoms with Crippen molar-refractivity contribution in [1.29, 1.82) is 0 Å². The van der Waals surface area contributed by atoms with Gasteiger partial charge in [-0.1, -0.05) is 0 Å². The molecule has 0 amide bonds. The largest absolute Gasteiger partial charge is 0.416 e. The molecule has 1 aromatic rings. The molecule has 0 aromatic heterocycles. The molecule has 1 saturated heterocycles. The fourth-order valence-electron chi connectivity index (χ4n) is 2.90. The fourth-order valence-corrected chi connectivity index (χ4v) is 3.50. The summed E-state index contributed by atoms with van der Waals surface area (Å²) in [5.74, 6) is 0. The van der Waals surface area contributed by atoms with Crippen molar-refractivity contribution < 1.29 is 13.2 Å². The highest BCUT2D eigenvalue weighted by molar-refractivity contribution is 9.10. The Morgan fingerprint density at radius 2 is 2.00 bits per heavy atom. The van der Waals surface area contributed by atoms with E-state index in [0.717, 1.165) is 38.0 Å². The van der Waals surface area contributed by atoms with Crippen molar-refractivity contribution in [3.05, 3.63) is 28.2 Å². The number of alkyl halides is 3. The molecule has 21 heavy (non-hydrogen) atoms. The molecule has 1 N–H and O–H groups in total. The highest BCUT2D eigenvalue weighted by Gasteiger charge is 2.34. The number of hydrogen-bond acceptors (Lipinski definition) is 2. The first kappa shape index (κ1) is 15.2. The van der Waals surface area contributed by atoms with E-state index in [1.807, 2.05) is 0 Å². The number of nitrogens with one attached hydrogen (secondary N) is 1. The second kappa shape index (κ2) is 5.80. The van der Waals surface area contributed by atoms with Gasteiger partial charge in [-0.05, 0) is 66.4 Å². The highest BCUT2D eigenvalue weighted by Crippen LogP contribution is 2.39. The van der Waals surface area contributed by atoms with Crippen LogP contribution in [-0.4, -0.2) is 25.2 Å². The van der Waals surface area contributed by atoms with Crippen LogP contribution in [0, 0.1) is 0 Å². The first-order valence-corrected chi connectivity index (χ1v) is 8.11. The number of rotatable bonds is 4. The third-order valence-corrected chi connectivity index (χ3v) is 4.79. The lowest BCUT2D eigenvalue weighted by molar-refractivity contribution is -0.137. The molecule has 1 heterocycles. The van der Waals surface area contributed by atoms with Crippen LogP contribution in [0.15, 0.2) is 22.7 Å². The summed E-state index contributed by atoms with van der Waals surface area (Å²) >= 11 is 3.32. The minimum absolute atomic E-state index is 0.444. The summed E-state index contributed by atoms with van der Waals surface area (Å²) < 4.78 is 38.8. The maximum absolute atomic E-state index is 12.8. The zero-order valence-corrected chi connectivity index (χ0v) is 13.2. The van der Waals surface area contributed by atoms with Gasteiger partial charge in [0.15, 0.2) is 0 Å². The first-order valence-electron chi connectivity index (χ1n) is 7.32. The van der Waals surface area contributed by atoms with Crippen molar-refractivity contribution in [1.82, 2.24) is 5.32 Å². The van der Waals surface area contributed by atoms with Crippen molar-refractivity contribution in [3.8, 4) is 0 Å². The lowest BCUT2D eigenvalue weighted by Crippen LogP contribution is -2.39. The molecule has 3 rings (SSSR count). The average Bonchev–Trinajstić information content (AvgIpc) is 3.13. The van der Waals surface area contributed by atoms with Crippen LogP contribution in [0.3, 0.4) is 0 Å². The van der Waals surface area contributed by atoms with Gasteiger partial charge in [-0.25, -0.2) is 0 Å². The molecule has 2 fully saturated rings. The fraction of sp³-hybridized carbons (Fsp3) is 0.600. The van der Waals surface area contributed by atoms with Crippen LogP contribution in [-0.2, 0) is 6.18 Å². The Labute approximate surface area is 130 Å². The summed E-state index contributed by atoms with van der Waals surface area (Å²) in [4.78, 5) is 2.26. The molecule has 1 saturated carbocycles. The predicted octanol–water partition coefficient (Wildman–Crippen LogP) is 4.19. The average molecular weight is 363 g/mol. The van der Waals surface area contributed by atoms with Gasteiger partial charge < -0.3 is 10.2 Å². The van der Waals surface area contributed by atoms with Gasteiger partial charge >= 0.3 is 6.18 Å². The topological polar surface area (TPSA) is 15.3 Å². The van der Waals surface area contributed by atoms with Crippen LogP contribution in [0.2, 0.25) is 0 Å². The Hall–Kier alpha value is -0.750. The molecule has 116 valence electrons. The lowest BCUT2D eigenvalue weighted by Gasteiger charge is -2.29. The van der Waals surface area contributed by atoms with Crippen molar-refractivity contribution >= 4 is 21.6 Å². The Kier molecular flexibility index (Phi) is 4.19. The monoisotopic (exact) mass is 362 g/mol. The van der Waals surface area contributed by atoms with E-state index in [1.54, 1.807) is 6.07 Å². The number of halogens is 4. The molecule has 1 aromatic carbocycles. The van der Waals surface area contributed by atoms with Gasteiger partial charge in [-0.15, -0.1) is 0 Å². The highest BCUT2D eigenvalue weighted by atomic mass is 79.9. The molecule has 1 unspecified atom stereocenters. The molecule has 2 aliphatic rings. The van der Waals surface area contributed by atoms with Gasteiger partial charge in [-0.2, -0.15) is 13.2 Å². The second-order valence-corrected chi connectivity index (χ2v) is 6.70. The Morgan fingerprint density at radius 3 is 2.52 bits per heavy atom. The van der Waals surface area contributed by atoms with Gasteiger partial charge in [-0.3, -0.25) is 0 Å². The van der Waals surface area contributed by atoms with Gasteiger partial charge in [0.05, 0.1) is 11.3 Å². The van der Waals surface area contributed by atoms with E-state index < -0.39 is 11.7 Å². The summed E-state index contributed by atoms with van der Waals surface area (Å²) in [6.45, 7) is 1.91. The first-order chi connectivity index (χ1) is 9.95. The Morgan fingerprint density at radius 1 is 1.24 bits per heavy atom. The Bertz CT molecular complexity index is 508. The SMILES string of the molecule is FC(F)(F)c1ccc(N(CC2CCCN2)C2CC2)c(Br)c1. The molecular weight excluding hydrogens is 345 g/mol. The number of anilines is 1. The zero-order chi connectivity index (χ0) is 15.0. The summed E-state index contributed by atoms with van der Waals surface area (Å²) in [6, 6.07) is 4.88. The molecule has 6 heteroatoms. The molecule has 0 bridgehead atoms. The normalized spacial score (nSPS) is 22.6. The summed E-state index contributed by atoms with van der Waals surface area (Å²) in [5, 5.41) is 3.46. The number of nitrogens with zero attached hydrogens (tertiary/aromatic N) is 1. The van der Waals surface area contributed by atoms with Gasteiger partial charge in [0.2, 0.25) is 0 Å². The molecule has 0 spiro atoms. The molecule has 2 nitrogen and oxygen atoms in total. The summed E-state index contributed by atoms with van der Waals surface area (Å²) in [7, 11) is 0. The summed E-state index contributed by atoms with van der Waals surface area (Å²) in [6.07, 6.45) is 0.275. The van der Waals surface area contributed by atoms with Crippen LogP contribution >= 0.6 is 15.9 Å². The van der Waals surface area contributed by atoms with E-state index in [2.05, 4.69) is 26.1 Å². The maximum Gasteiger partial charge on any atom is 0.416 e. The van der Waals surface area contributed by atoms with E-state index in [1.165, 1.54) is 18.6 Å². The van der Waals surface area contributed by atoms with E-state index in [-0.39, 0.29) is 0 Å². The van der Waals surface area contributed by atoms with Gasteiger partial charge in [0.25, 0.3) is 0 Å². The standard InChI is InChI=1S/C15H18BrF3N2/c16-13-8-10(15(17,18)19)3-6-14(13)21(12-4-5-12)9-11-2-1-7-20-11/h3,6,8,11-12,20H,1-2,4-5,7,9H2. The van der Waals surface area contributed by atoms with Crippen LogP contribution in [0.1, 0.15) is 31.2 Å². The maximum atomic E-state index is 12.8. The quantitative estimate of drug-likeness (QED) is 0.863. The number of benzene rings is 1. The minimum atomic E-state index is -4.29. The minimum Gasteiger partial charge on any atom is -0.366 e. The van der Waals surface area contributed by atoms with Gasteiger partial charge in [0, 0.05) is 23.1 Å². The molecule has 0 radical (unpaired) electrons. The predicted molar refractivity (Wildman–Crippen MR) is 80.5 cm³/mol.